The SMILES string of the molecule is CCn1nccc1CN1CCC(N(C)Cc2ncccn2)C1. The largest absolute Gasteiger partial charge is 0.296 e. The Bertz CT molecular complexity index is 581. The zero-order chi connectivity index (χ0) is 15.4. The summed E-state index contributed by atoms with van der Waals surface area (Å²) in [6.07, 6.45) is 6.71. The molecule has 0 radical (unpaired) electrons. The molecule has 2 aromatic heterocycles. The molecule has 3 rings (SSSR count). The molecule has 0 bridgehead atoms. The highest BCUT2D eigenvalue weighted by molar-refractivity contribution is 5.01. The van der Waals surface area contributed by atoms with Crippen molar-refractivity contribution in [2.75, 3.05) is 20.1 Å². The predicted molar refractivity (Wildman–Crippen MR) is 85.1 cm³/mol. The van der Waals surface area contributed by atoms with Gasteiger partial charge in [0, 0.05) is 50.8 Å². The quantitative estimate of drug-likeness (QED) is 0.807. The fraction of sp³-hybridized carbons (Fsp3) is 0.562. The van der Waals surface area contributed by atoms with Crippen LogP contribution in [0.5, 0.6) is 0 Å². The van der Waals surface area contributed by atoms with Crippen molar-refractivity contribution in [3.63, 3.8) is 0 Å². The van der Waals surface area contributed by atoms with E-state index in [1.165, 1.54) is 12.1 Å². The van der Waals surface area contributed by atoms with Crippen LogP contribution in [-0.2, 0) is 19.6 Å². The molecule has 1 atom stereocenters. The van der Waals surface area contributed by atoms with Crippen molar-refractivity contribution in [2.45, 2.75) is 39.0 Å². The lowest BCUT2D eigenvalue weighted by molar-refractivity contribution is 0.216. The van der Waals surface area contributed by atoms with Crippen molar-refractivity contribution in [1.29, 1.82) is 0 Å². The van der Waals surface area contributed by atoms with Crippen LogP contribution < -0.4 is 0 Å². The maximum atomic E-state index is 4.35. The van der Waals surface area contributed by atoms with Gasteiger partial charge >= 0.3 is 0 Å². The van der Waals surface area contributed by atoms with Gasteiger partial charge in [0.15, 0.2) is 0 Å². The first-order valence-electron chi connectivity index (χ1n) is 7.95. The van der Waals surface area contributed by atoms with E-state index in [1.807, 2.05) is 24.7 Å². The Morgan fingerprint density at radius 2 is 2.09 bits per heavy atom. The second-order valence-electron chi connectivity index (χ2n) is 5.90. The van der Waals surface area contributed by atoms with E-state index in [4.69, 9.17) is 0 Å². The topological polar surface area (TPSA) is 50.1 Å². The lowest BCUT2D eigenvalue weighted by atomic mass is 10.2. The van der Waals surface area contributed by atoms with Crippen molar-refractivity contribution in [3.05, 3.63) is 42.2 Å². The maximum absolute atomic E-state index is 4.35. The van der Waals surface area contributed by atoms with Gasteiger partial charge in [0.25, 0.3) is 0 Å². The average Bonchev–Trinajstić information content (AvgIpc) is 3.18. The van der Waals surface area contributed by atoms with Gasteiger partial charge in [0.05, 0.1) is 12.2 Å². The highest BCUT2D eigenvalue weighted by Crippen LogP contribution is 2.18. The highest BCUT2D eigenvalue weighted by Gasteiger charge is 2.26. The van der Waals surface area contributed by atoms with Gasteiger partial charge in [-0.15, -0.1) is 0 Å². The van der Waals surface area contributed by atoms with Crippen LogP contribution in [0.15, 0.2) is 30.7 Å². The number of rotatable bonds is 6. The van der Waals surface area contributed by atoms with Crippen LogP contribution in [0.1, 0.15) is 24.9 Å². The molecule has 1 saturated heterocycles. The van der Waals surface area contributed by atoms with Gasteiger partial charge in [-0.2, -0.15) is 5.10 Å². The zero-order valence-electron chi connectivity index (χ0n) is 13.4. The van der Waals surface area contributed by atoms with Crippen LogP contribution in [0.2, 0.25) is 0 Å². The first-order valence-corrected chi connectivity index (χ1v) is 7.95. The Labute approximate surface area is 131 Å². The maximum Gasteiger partial charge on any atom is 0.142 e. The minimum absolute atomic E-state index is 0.571. The molecule has 6 nitrogen and oxygen atoms in total. The van der Waals surface area contributed by atoms with E-state index in [1.54, 1.807) is 0 Å². The molecule has 118 valence electrons. The highest BCUT2D eigenvalue weighted by atomic mass is 15.3. The lowest BCUT2D eigenvalue weighted by Crippen LogP contribution is -2.34. The van der Waals surface area contributed by atoms with E-state index in [0.717, 1.165) is 38.5 Å². The molecule has 1 unspecified atom stereocenters. The summed E-state index contributed by atoms with van der Waals surface area (Å²) in [5.41, 5.74) is 1.30. The third-order valence-electron chi connectivity index (χ3n) is 4.37. The van der Waals surface area contributed by atoms with Gasteiger partial charge in [-0.25, -0.2) is 9.97 Å². The van der Waals surface area contributed by atoms with E-state index >= 15 is 0 Å². The summed E-state index contributed by atoms with van der Waals surface area (Å²) >= 11 is 0. The zero-order valence-corrected chi connectivity index (χ0v) is 13.4. The van der Waals surface area contributed by atoms with Crippen molar-refractivity contribution in [2.24, 2.45) is 0 Å². The minimum atomic E-state index is 0.571. The van der Waals surface area contributed by atoms with Crippen molar-refractivity contribution in [3.8, 4) is 0 Å². The molecule has 0 amide bonds. The first kappa shape index (κ1) is 15.1. The molecular formula is C16H24N6. The molecule has 0 aliphatic carbocycles. The van der Waals surface area contributed by atoms with Crippen molar-refractivity contribution in [1.82, 2.24) is 29.5 Å². The summed E-state index contributed by atoms with van der Waals surface area (Å²) < 4.78 is 2.08. The fourth-order valence-electron chi connectivity index (χ4n) is 3.09. The minimum Gasteiger partial charge on any atom is -0.296 e. The van der Waals surface area contributed by atoms with Crippen LogP contribution in [0.3, 0.4) is 0 Å². The van der Waals surface area contributed by atoms with Crippen LogP contribution >= 0.6 is 0 Å². The molecule has 6 heteroatoms. The van der Waals surface area contributed by atoms with Gasteiger partial charge in [0.1, 0.15) is 5.82 Å². The molecule has 1 aliphatic rings. The molecule has 22 heavy (non-hydrogen) atoms. The molecule has 1 aliphatic heterocycles. The second kappa shape index (κ2) is 6.98. The van der Waals surface area contributed by atoms with Crippen LogP contribution in [0.4, 0.5) is 0 Å². The van der Waals surface area contributed by atoms with E-state index < -0.39 is 0 Å². The average molecular weight is 300 g/mol. The lowest BCUT2D eigenvalue weighted by Gasteiger charge is -2.24. The Morgan fingerprint density at radius 3 is 2.86 bits per heavy atom. The van der Waals surface area contributed by atoms with Crippen LogP contribution in [0.25, 0.3) is 0 Å². The molecule has 2 aromatic rings. The van der Waals surface area contributed by atoms with E-state index in [9.17, 15) is 0 Å². The molecule has 3 heterocycles. The van der Waals surface area contributed by atoms with Crippen molar-refractivity contribution < 1.29 is 0 Å². The Hall–Kier alpha value is -1.79. The van der Waals surface area contributed by atoms with E-state index in [-0.39, 0.29) is 0 Å². The number of hydrogen-bond acceptors (Lipinski definition) is 5. The smallest absolute Gasteiger partial charge is 0.142 e. The Balaban J connectivity index is 1.53. The third-order valence-corrected chi connectivity index (χ3v) is 4.37. The molecule has 0 aromatic carbocycles. The summed E-state index contributed by atoms with van der Waals surface area (Å²) in [6, 6.07) is 4.55. The van der Waals surface area contributed by atoms with E-state index in [2.05, 4.69) is 49.6 Å². The van der Waals surface area contributed by atoms with E-state index in [0.29, 0.717) is 6.04 Å². The van der Waals surface area contributed by atoms with Gasteiger partial charge < -0.3 is 0 Å². The van der Waals surface area contributed by atoms with Gasteiger partial charge in [-0.3, -0.25) is 14.5 Å². The summed E-state index contributed by atoms with van der Waals surface area (Å²) in [5.74, 6) is 0.896. The summed E-state index contributed by atoms with van der Waals surface area (Å²) in [7, 11) is 2.17. The monoisotopic (exact) mass is 300 g/mol. The number of nitrogens with zero attached hydrogens (tertiary/aromatic N) is 6. The van der Waals surface area contributed by atoms with Gasteiger partial charge in [-0.05, 0) is 32.5 Å². The number of likely N-dealkylation sites (N-methyl/N-ethyl adjacent to an activating group) is 1. The summed E-state index contributed by atoms with van der Waals surface area (Å²) in [5, 5.41) is 4.35. The molecular weight excluding hydrogens is 276 g/mol. The number of aryl methyl sites for hydroxylation is 1. The summed E-state index contributed by atoms with van der Waals surface area (Å²) in [4.78, 5) is 13.5. The van der Waals surface area contributed by atoms with Gasteiger partial charge in [-0.1, -0.05) is 0 Å². The Morgan fingerprint density at radius 1 is 1.27 bits per heavy atom. The number of aromatic nitrogens is 4. The predicted octanol–water partition coefficient (Wildman–Crippen LogP) is 1.40. The van der Waals surface area contributed by atoms with Crippen LogP contribution in [0, 0.1) is 0 Å². The van der Waals surface area contributed by atoms with Crippen molar-refractivity contribution >= 4 is 0 Å². The molecule has 0 spiro atoms. The number of hydrogen-bond donors (Lipinski definition) is 0. The Kier molecular flexibility index (Phi) is 4.80. The molecule has 0 N–H and O–H groups in total. The van der Waals surface area contributed by atoms with Gasteiger partial charge in [0.2, 0.25) is 0 Å². The summed E-state index contributed by atoms with van der Waals surface area (Å²) in [6.45, 7) is 7.10. The standard InChI is InChI=1S/C16H24N6/c1-3-22-15(5-9-19-22)12-21-10-6-14(11-21)20(2)13-16-17-7-4-8-18-16/h4-5,7-9,14H,3,6,10-13H2,1-2H3. The normalized spacial score (nSPS) is 19.1. The first-order chi connectivity index (χ1) is 10.8. The second-order valence-corrected chi connectivity index (χ2v) is 5.90. The fourth-order valence-corrected chi connectivity index (χ4v) is 3.09. The molecule has 0 saturated carbocycles. The molecule has 1 fully saturated rings. The van der Waals surface area contributed by atoms with Crippen LogP contribution in [-0.4, -0.2) is 55.7 Å². The number of likely N-dealkylation sites (tertiary alicyclic amines) is 1. The third kappa shape index (κ3) is 3.51.